The Morgan fingerprint density at radius 1 is 1.40 bits per heavy atom. The van der Waals surface area contributed by atoms with Crippen LogP contribution in [0.4, 0.5) is 5.69 Å². The van der Waals surface area contributed by atoms with Gasteiger partial charge in [-0.15, -0.1) is 0 Å². The molecule has 1 aromatic carbocycles. The lowest BCUT2D eigenvalue weighted by Crippen LogP contribution is -2.30. The predicted molar refractivity (Wildman–Crippen MR) is 61.9 cm³/mol. The summed E-state index contributed by atoms with van der Waals surface area (Å²) in [5.74, 6) is 0.0479. The van der Waals surface area contributed by atoms with Gasteiger partial charge in [0.25, 0.3) is 0 Å². The van der Waals surface area contributed by atoms with Gasteiger partial charge < -0.3 is 4.90 Å². The molecule has 1 aliphatic rings. The molecule has 0 atom stereocenters. The van der Waals surface area contributed by atoms with Gasteiger partial charge in [-0.25, -0.2) is 0 Å². The largest absolute Gasteiger partial charge is 0.339 e. The minimum atomic E-state index is 0.0479. The van der Waals surface area contributed by atoms with Gasteiger partial charge in [0.05, 0.1) is 5.70 Å². The van der Waals surface area contributed by atoms with Crippen LogP contribution in [-0.4, -0.2) is 12.3 Å². The van der Waals surface area contributed by atoms with Crippen LogP contribution in [-0.2, 0) is 11.2 Å². The first kappa shape index (κ1) is 9.97. The highest BCUT2D eigenvalue weighted by molar-refractivity contribution is 5.96. The number of para-hydroxylation sites is 1. The molecule has 2 heteroatoms. The standard InChI is InChI=1S/C13H15NO/c1-10(11(2)15)14-9-5-7-12-6-3-4-8-13(12)14/h3-4,6,8H,1,5,7,9H2,2H3. The van der Waals surface area contributed by atoms with Gasteiger partial charge in [-0.05, 0) is 24.5 Å². The Morgan fingerprint density at radius 3 is 2.87 bits per heavy atom. The highest BCUT2D eigenvalue weighted by atomic mass is 16.1. The Bertz CT molecular complexity index is 409. The van der Waals surface area contributed by atoms with Crippen molar-refractivity contribution >= 4 is 11.5 Å². The number of rotatable bonds is 2. The third-order valence-corrected chi connectivity index (χ3v) is 2.84. The fourth-order valence-electron chi connectivity index (χ4n) is 2.00. The lowest BCUT2D eigenvalue weighted by Gasteiger charge is -2.31. The molecule has 2 rings (SSSR count). The fourth-order valence-corrected chi connectivity index (χ4v) is 2.00. The van der Waals surface area contributed by atoms with Gasteiger partial charge in [0.2, 0.25) is 0 Å². The molecular formula is C13H15NO. The van der Waals surface area contributed by atoms with Gasteiger partial charge in [0.1, 0.15) is 0 Å². The number of hydrogen-bond acceptors (Lipinski definition) is 2. The maximum Gasteiger partial charge on any atom is 0.175 e. The van der Waals surface area contributed by atoms with Crippen molar-refractivity contribution in [1.82, 2.24) is 0 Å². The highest BCUT2D eigenvalue weighted by Gasteiger charge is 2.19. The highest BCUT2D eigenvalue weighted by Crippen LogP contribution is 2.29. The minimum Gasteiger partial charge on any atom is -0.339 e. The molecule has 78 valence electrons. The van der Waals surface area contributed by atoms with E-state index in [1.807, 2.05) is 17.0 Å². The van der Waals surface area contributed by atoms with Gasteiger partial charge in [-0.2, -0.15) is 0 Å². The number of benzene rings is 1. The summed E-state index contributed by atoms with van der Waals surface area (Å²) in [6.07, 6.45) is 2.18. The lowest BCUT2D eigenvalue weighted by molar-refractivity contribution is -0.113. The van der Waals surface area contributed by atoms with Gasteiger partial charge in [-0.3, -0.25) is 4.79 Å². The topological polar surface area (TPSA) is 20.3 Å². The Morgan fingerprint density at radius 2 is 2.13 bits per heavy atom. The summed E-state index contributed by atoms with van der Waals surface area (Å²) < 4.78 is 0. The second kappa shape index (κ2) is 3.89. The van der Waals surface area contributed by atoms with E-state index in [1.165, 1.54) is 5.56 Å². The van der Waals surface area contributed by atoms with E-state index >= 15 is 0 Å². The Labute approximate surface area is 90.2 Å². The van der Waals surface area contributed by atoms with E-state index in [-0.39, 0.29) is 5.78 Å². The van der Waals surface area contributed by atoms with E-state index in [2.05, 4.69) is 18.7 Å². The number of fused-ring (bicyclic) bond motifs is 1. The Hall–Kier alpha value is -1.57. The molecule has 0 radical (unpaired) electrons. The summed E-state index contributed by atoms with van der Waals surface area (Å²) >= 11 is 0. The second-order valence-corrected chi connectivity index (χ2v) is 3.89. The van der Waals surface area contributed by atoms with Crippen molar-refractivity contribution in [2.75, 3.05) is 11.4 Å². The van der Waals surface area contributed by atoms with Gasteiger partial charge in [-0.1, -0.05) is 24.8 Å². The van der Waals surface area contributed by atoms with Crippen LogP contribution in [0, 0.1) is 0 Å². The zero-order valence-corrected chi connectivity index (χ0v) is 8.99. The summed E-state index contributed by atoms with van der Waals surface area (Å²) in [7, 11) is 0. The molecule has 0 spiro atoms. The summed E-state index contributed by atoms with van der Waals surface area (Å²) in [5, 5.41) is 0. The number of hydrogen-bond donors (Lipinski definition) is 0. The molecule has 0 N–H and O–H groups in total. The summed E-state index contributed by atoms with van der Waals surface area (Å²) in [6.45, 7) is 6.32. The molecule has 0 aliphatic carbocycles. The smallest absolute Gasteiger partial charge is 0.175 e. The van der Waals surface area contributed by atoms with E-state index in [1.54, 1.807) is 6.92 Å². The van der Waals surface area contributed by atoms with Crippen molar-refractivity contribution in [3.05, 3.63) is 42.1 Å². The molecule has 0 aromatic heterocycles. The first-order valence-electron chi connectivity index (χ1n) is 5.25. The molecular weight excluding hydrogens is 186 g/mol. The van der Waals surface area contributed by atoms with E-state index in [0.29, 0.717) is 5.70 Å². The third-order valence-electron chi connectivity index (χ3n) is 2.84. The third kappa shape index (κ3) is 1.80. The van der Waals surface area contributed by atoms with Crippen LogP contribution >= 0.6 is 0 Å². The van der Waals surface area contributed by atoms with Crippen LogP contribution in [0.1, 0.15) is 18.9 Å². The quantitative estimate of drug-likeness (QED) is 0.685. The minimum absolute atomic E-state index is 0.0479. The van der Waals surface area contributed by atoms with Crippen LogP contribution in [0.25, 0.3) is 0 Å². The number of carbonyl (C=O) groups excluding carboxylic acids is 1. The maximum absolute atomic E-state index is 11.3. The van der Waals surface area contributed by atoms with E-state index in [0.717, 1.165) is 25.1 Å². The van der Waals surface area contributed by atoms with Crippen LogP contribution in [0.2, 0.25) is 0 Å². The van der Waals surface area contributed by atoms with E-state index in [9.17, 15) is 4.79 Å². The van der Waals surface area contributed by atoms with Crippen molar-refractivity contribution in [1.29, 1.82) is 0 Å². The number of aryl methyl sites for hydroxylation is 1. The first-order chi connectivity index (χ1) is 7.20. The zero-order chi connectivity index (χ0) is 10.8. The lowest BCUT2D eigenvalue weighted by atomic mass is 10.0. The van der Waals surface area contributed by atoms with Crippen molar-refractivity contribution in [2.24, 2.45) is 0 Å². The number of ketones is 1. The maximum atomic E-state index is 11.3. The van der Waals surface area contributed by atoms with Crippen LogP contribution in [0.15, 0.2) is 36.5 Å². The van der Waals surface area contributed by atoms with E-state index in [4.69, 9.17) is 0 Å². The van der Waals surface area contributed by atoms with E-state index < -0.39 is 0 Å². The summed E-state index contributed by atoms with van der Waals surface area (Å²) in [5.41, 5.74) is 3.05. The molecule has 0 saturated carbocycles. The molecule has 0 amide bonds. The summed E-state index contributed by atoms with van der Waals surface area (Å²) in [4.78, 5) is 13.3. The normalized spacial score (nSPS) is 14.6. The fraction of sp³-hybridized carbons (Fsp3) is 0.308. The average Bonchev–Trinajstić information content (AvgIpc) is 2.27. The van der Waals surface area contributed by atoms with Gasteiger partial charge >= 0.3 is 0 Å². The monoisotopic (exact) mass is 201 g/mol. The molecule has 1 heterocycles. The van der Waals surface area contributed by atoms with Crippen molar-refractivity contribution in [3.8, 4) is 0 Å². The van der Waals surface area contributed by atoms with Crippen molar-refractivity contribution in [3.63, 3.8) is 0 Å². The molecule has 15 heavy (non-hydrogen) atoms. The van der Waals surface area contributed by atoms with Crippen LogP contribution in [0.5, 0.6) is 0 Å². The molecule has 0 saturated heterocycles. The van der Waals surface area contributed by atoms with Crippen LogP contribution < -0.4 is 4.90 Å². The number of nitrogens with zero attached hydrogens (tertiary/aromatic N) is 1. The molecule has 0 fully saturated rings. The second-order valence-electron chi connectivity index (χ2n) is 3.89. The molecule has 0 unspecified atom stereocenters. The number of Topliss-reactive ketones (excluding diaryl/α,β-unsaturated/α-hetero) is 1. The van der Waals surface area contributed by atoms with Gasteiger partial charge in [0, 0.05) is 19.2 Å². The number of allylic oxidation sites excluding steroid dienone is 1. The average molecular weight is 201 g/mol. The zero-order valence-electron chi connectivity index (χ0n) is 8.99. The first-order valence-corrected chi connectivity index (χ1v) is 5.25. The number of anilines is 1. The Balaban J connectivity index is 2.38. The predicted octanol–water partition coefficient (Wildman–Crippen LogP) is 2.54. The Kier molecular flexibility index (Phi) is 2.58. The summed E-state index contributed by atoms with van der Waals surface area (Å²) in [6, 6.07) is 8.22. The number of carbonyl (C=O) groups is 1. The van der Waals surface area contributed by atoms with Crippen molar-refractivity contribution < 1.29 is 4.79 Å². The van der Waals surface area contributed by atoms with Crippen LogP contribution in [0.3, 0.4) is 0 Å². The molecule has 2 nitrogen and oxygen atoms in total. The SMILES string of the molecule is C=C(C(C)=O)N1CCCc2ccccc21. The van der Waals surface area contributed by atoms with Crippen molar-refractivity contribution in [2.45, 2.75) is 19.8 Å². The van der Waals surface area contributed by atoms with Gasteiger partial charge in [0.15, 0.2) is 5.78 Å². The molecule has 1 aromatic rings. The molecule has 1 aliphatic heterocycles. The molecule has 0 bridgehead atoms.